The average molecular weight is 272 g/mol. The van der Waals surface area contributed by atoms with Crippen LogP contribution in [0.2, 0.25) is 0 Å². The van der Waals surface area contributed by atoms with Crippen molar-refractivity contribution < 1.29 is 29.3 Å². The van der Waals surface area contributed by atoms with Gasteiger partial charge < -0.3 is 19.7 Å². The molecule has 0 radical (unpaired) electrons. The zero-order valence-electron chi connectivity index (χ0n) is 10.9. The first-order chi connectivity index (χ1) is 8.92. The van der Waals surface area contributed by atoms with Gasteiger partial charge in [0.05, 0.1) is 32.9 Å². The summed E-state index contributed by atoms with van der Waals surface area (Å²) in [6.45, 7) is 0. The smallest absolute Gasteiger partial charge is 0.356 e. The molecule has 0 aliphatic rings. The van der Waals surface area contributed by atoms with Gasteiger partial charge >= 0.3 is 11.9 Å². The van der Waals surface area contributed by atoms with Gasteiger partial charge in [0, 0.05) is 12.6 Å². The summed E-state index contributed by atoms with van der Waals surface area (Å²) in [6, 6.07) is 0. The van der Waals surface area contributed by atoms with Crippen LogP contribution in [0.25, 0.3) is 0 Å². The second-order valence-electron chi connectivity index (χ2n) is 3.86. The summed E-state index contributed by atoms with van der Waals surface area (Å²) in [7, 11) is 3.86. The average Bonchev–Trinajstić information content (AvgIpc) is 2.78. The molecular weight excluding hydrogens is 256 g/mol. The van der Waals surface area contributed by atoms with E-state index in [2.05, 4.69) is 14.6 Å². The van der Waals surface area contributed by atoms with Crippen LogP contribution in [0.5, 0.6) is 0 Å². The first-order valence-electron chi connectivity index (χ1n) is 5.45. The van der Waals surface area contributed by atoms with Crippen molar-refractivity contribution >= 4 is 11.9 Å². The third-order valence-electron chi connectivity index (χ3n) is 2.63. The van der Waals surface area contributed by atoms with Crippen molar-refractivity contribution in [3.05, 3.63) is 17.5 Å². The topological polar surface area (TPSA) is 111 Å². The predicted octanol–water partition coefficient (Wildman–Crippen LogP) is -0.836. The minimum Gasteiger partial charge on any atom is -0.469 e. The highest BCUT2D eigenvalue weighted by Gasteiger charge is 2.29. The molecule has 0 saturated carbocycles. The standard InChI is InChI=1S/C11H16N2O6/c1-13-9(11(17)19-3)6(5-12-13)10(16)7(14)4-8(15)18-2/h5,7,10,14,16H,4H2,1-3H3. The molecule has 1 aromatic rings. The van der Waals surface area contributed by atoms with E-state index in [1.54, 1.807) is 0 Å². The minimum atomic E-state index is -1.44. The molecular formula is C11H16N2O6. The maximum atomic E-state index is 11.6. The van der Waals surface area contributed by atoms with Crippen LogP contribution >= 0.6 is 0 Å². The quantitative estimate of drug-likeness (QED) is 0.672. The molecule has 1 rings (SSSR count). The summed E-state index contributed by atoms with van der Waals surface area (Å²) in [5.74, 6) is -1.37. The highest BCUT2D eigenvalue weighted by Crippen LogP contribution is 2.23. The molecule has 1 heterocycles. The number of aryl methyl sites for hydroxylation is 1. The lowest BCUT2D eigenvalue weighted by Crippen LogP contribution is -2.24. The number of ether oxygens (including phenoxy) is 2. The van der Waals surface area contributed by atoms with Gasteiger partial charge in [-0.3, -0.25) is 9.48 Å². The molecule has 1 aromatic heterocycles. The Bertz CT molecular complexity index is 470. The number of aliphatic hydroxyl groups is 2. The lowest BCUT2D eigenvalue weighted by atomic mass is 10.0. The number of esters is 2. The van der Waals surface area contributed by atoms with E-state index in [1.165, 1.54) is 32.1 Å². The number of carbonyl (C=O) groups is 2. The molecule has 106 valence electrons. The van der Waals surface area contributed by atoms with Crippen LogP contribution in [0, 0.1) is 0 Å². The van der Waals surface area contributed by atoms with Gasteiger partial charge in [-0.05, 0) is 0 Å². The van der Waals surface area contributed by atoms with Crippen molar-refractivity contribution in [2.75, 3.05) is 14.2 Å². The number of methoxy groups -OCH3 is 2. The normalized spacial score (nSPS) is 13.7. The molecule has 0 aliphatic carbocycles. The van der Waals surface area contributed by atoms with Crippen LogP contribution in [0.15, 0.2) is 6.20 Å². The van der Waals surface area contributed by atoms with E-state index in [-0.39, 0.29) is 11.3 Å². The first-order valence-corrected chi connectivity index (χ1v) is 5.45. The molecule has 0 amide bonds. The molecule has 0 bridgehead atoms. The number of rotatable bonds is 5. The molecule has 0 aromatic carbocycles. The van der Waals surface area contributed by atoms with Gasteiger partial charge in [0.2, 0.25) is 0 Å². The van der Waals surface area contributed by atoms with Gasteiger partial charge in [-0.1, -0.05) is 0 Å². The molecule has 8 heteroatoms. The highest BCUT2D eigenvalue weighted by molar-refractivity contribution is 5.89. The number of aromatic nitrogens is 2. The van der Waals surface area contributed by atoms with Gasteiger partial charge in [-0.15, -0.1) is 0 Å². The SMILES string of the molecule is COC(=O)CC(O)C(O)c1cnn(C)c1C(=O)OC. The maximum Gasteiger partial charge on any atom is 0.356 e. The number of aliphatic hydroxyl groups excluding tert-OH is 2. The van der Waals surface area contributed by atoms with Crippen LogP contribution < -0.4 is 0 Å². The van der Waals surface area contributed by atoms with Crippen LogP contribution in [0.3, 0.4) is 0 Å². The lowest BCUT2D eigenvalue weighted by molar-refractivity contribution is -0.144. The summed E-state index contributed by atoms with van der Waals surface area (Å²) in [6.07, 6.45) is -2.01. The third kappa shape index (κ3) is 3.30. The Hall–Kier alpha value is -1.93. The van der Waals surface area contributed by atoms with E-state index in [1.807, 2.05) is 0 Å². The van der Waals surface area contributed by atoms with E-state index < -0.39 is 30.6 Å². The highest BCUT2D eigenvalue weighted by atomic mass is 16.5. The fourth-order valence-electron chi connectivity index (χ4n) is 1.59. The Kier molecular flexibility index (Phi) is 5.02. The summed E-state index contributed by atoms with van der Waals surface area (Å²) in [5.41, 5.74) is 0.102. The number of hydrogen-bond acceptors (Lipinski definition) is 7. The molecule has 2 atom stereocenters. The largest absolute Gasteiger partial charge is 0.469 e. The first kappa shape index (κ1) is 15.1. The van der Waals surface area contributed by atoms with Gasteiger partial charge in [-0.25, -0.2) is 4.79 Å². The van der Waals surface area contributed by atoms with E-state index >= 15 is 0 Å². The molecule has 0 spiro atoms. The van der Waals surface area contributed by atoms with Gasteiger partial charge in [0.25, 0.3) is 0 Å². The number of carbonyl (C=O) groups excluding carboxylic acids is 2. The molecule has 19 heavy (non-hydrogen) atoms. The second kappa shape index (κ2) is 6.30. The van der Waals surface area contributed by atoms with E-state index in [9.17, 15) is 19.8 Å². The molecule has 0 aliphatic heterocycles. The van der Waals surface area contributed by atoms with E-state index in [4.69, 9.17) is 0 Å². The predicted molar refractivity (Wildman–Crippen MR) is 62.1 cm³/mol. The van der Waals surface area contributed by atoms with Crippen molar-refractivity contribution in [1.82, 2.24) is 9.78 Å². The van der Waals surface area contributed by atoms with Gasteiger partial charge in [0.15, 0.2) is 5.69 Å². The van der Waals surface area contributed by atoms with Crippen molar-refractivity contribution in [3.63, 3.8) is 0 Å². The lowest BCUT2D eigenvalue weighted by Gasteiger charge is -2.16. The molecule has 0 fully saturated rings. The van der Waals surface area contributed by atoms with Crippen molar-refractivity contribution in [1.29, 1.82) is 0 Å². The van der Waals surface area contributed by atoms with Gasteiger partial charge in [-0.2, -0.15) is 5.10 Å². The Labute approximate surface area is 109 Å². The van der Waals surface area contributed by atoms with E-state index in [0.717, 1.165) is 0 Å². The third-order valence-corrected chi connectivity index (χ3v) is 2.63. The molecule has 8 nitrogen and oxygen atoms in total. The molecule has 2 N–H and O–H groups in total. The number of nitrogens with zero attached hydrogens (tertiary/aromatic N) is 2. The van der Waals surface area contributed by atoms with Gasteiger partial charge in [0.1, 0.15) is 6.10 Å². The summed E-state index contributed by atoms with van der Waals surface area (Å²) >= 11 is 0. The van der Waals surface area contributed by atoms with Crippen LogP contribution in [0.4, 0.5) is 0 Å². The molecule has 0 saturated heterocycles. The Morgan fingerprint density at radius 2 is 2.00 bits per heavy atom. The Balaban J connectivity index is 2.96. The van der Waals surface area contributed by atoms with Crippen molar-refractivity contribution in [3.8, 4) is 0 Å². The maximum absolute atomic E-state index is 11.6. The van der Waals surface area contributed by atoms with Crippen molar-refractivity contribution in [2.24, 2.45) is 7.05 Å². The fourth-order valence-corrected chi connectivity index (χ4v) is 1.59. The fraction of sp³-hybridized carbons (Fsp3) is 0.545. The zero-order chi connectivity index (χ0) is 14.6. The summed E-state index contributed by atoms with van der Waals surface area (Å²) < 4.78 is 10.2. The Morgan fingerprint density at radius 3 is 2.53 bits per heavy atom. The second-order valence-corrected chi connectivity index (χ2v) is 3.86. The monoisotopic (exact) mass is 272 g/mol. The number of hydrogen-bond donors (Lipinski definition) is 2. The van der Waals surface area contributed by atoms with E-state index in [0.29, 0.717) is 0 Å². The Morgan fingerprint density at radius 1 is 1.37 bits per heavy atom. The zero-order valence-corrected chi connectivity index (χ0v) is 10.9. The van der Waals surface area contributed by atoms with Crippen molar-refractivity contribution in [2.45, 2.75) is 18.6 Å². The summed E-state index contributed by atoms with van der Waals surface area (Å²) in [5, 5.41) is 23.5. The minimum absolute atomic E-state index is 0.0129. The molecule has 2 unspecified atom stereocenters. The van der Waals surface area contributed by atoms with Crippen LogP contribution in [-0.4, -0.2) is 52.3 Å². The van der Waals surface area contributed by atoms with Crippen LogP contribution in [-0.2, 0) is 21.3 Å². The summed E-state index contributed by atoms with van der Waals surface area (Å²) in [4.78, 5) is 22.6. The van der Waals surface area contributed by atoms with Crippen LogP contribution in [0.1, 0.15) is 28.6 Å².